The predicted molar refractivity (Wildman–Crippen MR) is 55.4 cm³/mol. The van der Waals surface area contributed by atoms with Crippen molar-refractivity contribution in [3.8, 4) is 0 Å². The molecule has 0 spiro atoms. The summed E-state index contributed by atoms with van der Waals surface area (Å²) in [6.07, 6.45) is 1.24. The van der Waals surface area contributed by atoms with E-state index < -0.39 is 5.97 Å². The zero-order valence-electron chi connectivity index (χ0n) is 8.30. The van der Waals surface area contributed by atoms with Crippen molar-refractivity contribution in [1.82, 2.24) is 4.90 Å². The summed E-state index contributed by atoms with van der Waals surface area (Å²) in [4.78, 5) is 22.1. The van der Waals surface area contributed by atoms with Crippen molar-refractivity contribution in [1.29, 1.82) is 0 Å². The highest BCUT2D eigenvalue weighted by atomic mass is 16.4. The number of hydrogen-bond donors (Lipinski definition) is 1. The van der Waals surface area contributed by atoms with Gasteiger partial charge in [0.1, 0.15) is 6.54 Å². The van der Waals surface area contributed by atoms with Crippen LogP contribution in [0.4, 0.5) is 0 Å². The van der Waals surface area contributed by atoms with Gasteiger partial charge < -0.3 is 10.0 Å². The molecule has 4 heteroatoms. The average molecular weight is 207 g/mol. The second kappa shape index (κ2) is 5.80. The fraction of sp³-hybridized carbons (Fsp3) is 0.273. The van der Waals surface area contributed by atoms with Crippen molar-refractivity contribution in [3.05, 3.63) is 35.9 Å². The monoisotopic (exact) mass is 207 g/mol. The van der Waals surface area contributed by atoms with Crippen LogP contribution in [0.25, 0.3) is 0 Å². The van der Waals surface area contributed by atoms with Gasteiger partial charge in [0.25, 0.3) is 0 Å². The molecule has 0 aliphatic carbocycles. The van der Waals surface area contributed by atoms with Crippen molar-refractivity contribution in [2.24, 2.45) is 0 Å². The summed E-state index contributed by atoms with van der Waals surface area (Å²) in [5.41, 5.74) is 1.09. The lowest BCUT2D eigenvalue weighted by molar-refractivity contribution is -0.140. The van der Waals surface area contributed by atoms with Gasteiger partial charge in [-0.25, -0.2) is 0 Å². The highest BCUT2D eigenvalue weighted by Crippen LogP contribution is 2.00. The van der Waals surface area contributed by atoms with E-state index in [9.17, 15) is 9.59 Å². The molecule has 0 unspecified atom stereocenters. The minimum absolute atomic E-state index is 0.240. The topological polar surface area (TPSA) is 57.6 Å². The molecule has 0 saturated carbocycles. The van der Waals surface area contributed by atoms with Crippen molar-refractivity contribution in [2.45, 2.75) is 6.42 Å². The van der Waals surface area contributed by atoms with Gasteiger partial charge in [0.15, 0.2) is 0 Å². The molecule has 0 heterocycles. The van der Waals surface area contributed by atoms with Gasteiger partial charge in [-0.15, -0.1) is 0 Å². The maximum atomic E-state index is 10.5. The standard InChI is InChI=1S/C11H13NO3/c13-9-12(8-11(14)15)7-6-10-4-2-1-3-5-10/h1-5,9H,6-8H2,(H,14,15). The van der Waals surface area contributed by atoms with E-state index in [1.54, 1.807) is 0 Å². The van der Waals surface area contributed by atoms with Crippen LogP contribution in [0.5, 0.6) is 0 Å². The SMILES string of the molecule is O=CN(CCc1ccccc1)CC(=O)O. The van der Waals surface area contributed by atoms with E-state index >= 15 is 0 Å². The molecule has 15 heavy (non-hydrogen) atoms. The molecule has 0 aliphatic rings. The first-order valence-corrected chi connectivity index (χ1v) is 4.67. The minimum Gasteiger partial charge on any atom is -0.480 e. The molecular formula is C11H13NO3. The molecule has 0 radical (unpaired) electrons. The molecule has 80 valence electrons. The number of carboxylic acid groups (broad SMARTS) is 1. The summed E-state index contributed by atoms with van der Waals surface area (Å²) >= 11 is 0. The van der Waals surface area contributed by atoms with Gasteiger partial charge in [0.2, 0.25) is 6.41 Å². The Morgan fingerprint density at radius 2 is 2.00 bits per heavy atom. The molecule has 0 bridgehead atoms. The summed E-state index contributed by atoms with van der Waals surface area (Å²) in [5, 5.41) is 8.51. The Morgan fingerprint density at radius 3 is 2.53 bits per heavy atom. The van der Waals surface area contributed by atoms with Gasteiger partial charge in [-0.05, 0) is 12.0 Å². The van der Waals surface area contributed by atoms with Crippen LogP contribution in [0.2, 0.25) is 0 Å². The Morgan fingerprint density at radius 1 is 1.33 bits per heavy atom. The summed E-state index contributed by atoms with van der Waals surface area (Å²) < 4.78 is 0. The van der Waals surface area contributed by atoms with E-state index in [1.165, 1.54) is 4.90 Å². The number of carboxylic acids is 1. The Labute approximate surface area is 88.1 Å². The van der Waals surface area contributed by atoms with E-state index in [2.05, 4.69) is 0 Å². The van der Waals surface area contributed by atoms with Crippen molar-refractivity contribution < 1.29 is 14.7 Å². The van der Waals surface area contributed by atoms with E-state index in [0.717, 1.165) is 5.56 Å². The number of benzene rings is 1. The first kappa shape index (κ1) is 11.2. The van der Waals surface area contributed by atoms with E-state index in [0.29, 0.717) is 19.4 Å². The zero-order chi connectivity index (χ0) is 11.1. The number of hydrogen-bond acceptors (Lipinski definition) is 2. The number of carbonyl (C=O) groups is 2. The molecule has 0 fully saturated rings. The zero-order valence-corrected chi connectivity index (χ0v) is 8.30. The van der Waals surface area contributed by atoms with Crippen LogP contribution in [-0.4, -0.2) is 35.5 Å². The molecule has 0 atom stereocenters. The lowest BCUT2D eigenvalue weighted by atomic mass is 10.1. The Balaban J connectivity index is 2.41. The largest absolute Gasteiger partial charge is 0.480 e. The van der Waals surface area contributed by atoms with Crippen LogP contribution in [0, 0.1) is 0 Å². The van der Waals surface area contributed by atoms with Crippen LogP contribution >= 0.6 is 0 Å². The molecular weight excluding hydrogens is 194 g/mol. The fourth-order valence-corrected chi connectivity index (χ4v) is 1.26. The molecule has 4 nitrogen and oxygen atoms in total. The molecule has 1 N–H and O–H groups in total. The van der Waals surface area contributed by atoms with Crippen molar-refractivity contribution >= 4 is 12.4 Å². The van der Waals surface area contributed by atoms with Gasteiger partial charge in [-0.3, -0.25) is 9.59 Å². The number of amides is 1. The molecule has 1 amide bonds. The summed E-state index contributed by atoms with van der Waals surface area (Å²) in [7, 11) is 0. The molecule has 0 aromatic heterocycles. The highest BCUT2D eigenvalue weighted by molar-refractivity contribution is 5.71. The van der Waals surface area contributed by atoms with Crippen molar-refractivity contribution in [3.63, 3.8) is 0 Å². The average Bonchev–Trinajstić information content (AvgIpc) is 2.25. The van der Waals surface area contributed by atoms with Crippen LogP contribution in [0.1, 0.15) is 5.56 Å². The van der Waals surface area contributed by atoms with Crippen LogP contribution < -0.4 is 0 Å². The molecule has 1 rings (SSSR count). The smallest absolute Gasteiger partial charge is 0.323 e. The lowest BCUT2D eigenvalue weighted by Gasteiger charge is -2.14. The maximum absolute atomic E-state index is 10.5. The highest BCUT2D eigenvalue weighted by Gasteiger charge is 2.06. The van der Waals surface area contributed by atoms with Gasteiger partial charge in [0.05, 0.1) is 0 Å². The van der Waals surface area contributed by atoms with Gasteiger partial charge in [-0.2, -0.15) is 0 Å². The number of carbonyl (C=O) groups excluding carboxylic acids is 1. The Hall–Kier alpha value is -1.84. The molecule has 0 saturated heterocycles. The van der Waals surface area contributed by atoms with E-state index in [4.69, 9.17) is 5.11 Å². The van der Waals surface area contributed by atoms with Crippen molar-refractivity contribution in [2.75, 3.05) is 13.1 Å². The maximum Gasteiger partial charge on any atom is 0.323 e. The summed E-state index contributed by atoms with van der Waals surface area (Å²) in [6.45, 7) is 0.191. The summed E-state index contributed by atoms with van der Waals surface area (Å²) in [6, 6.07) is 9.64. The predicted octanol–water partition coefficient (Wildman–Crippen LogP) is 0.772. The van der Waals surface area contributed by atoms with Crippen LogP contribution in [0.3, 0.4) is 0 Å². The van der Waals surface area contributed by atoms with Crippen LogP contribution in [0.15, 0.2) is 30.3 Å². The normalized spacial score (nSPS) is 9.60. The summed E-state index contributed by atoms with van der Waals surface area (Å²) in [5.74, 6) is -0.991. The minimum atomic E-state index is -0.991. The van der Waals surface area contributed by atoms with Crippen LogP contribution in [-0.2, 0) is 16.0 Å². The number of rotatable bonds is 6. The number of nitrogens with zero attached hydrogens (tertiary/aromatic N) is 1. The first-order valence-electron chi connectivity index (χ1n) is 4.67. The van der Waals surface area contributed by atoms with Gasteiger partial charge >= 0.3 is 5.97 Å². The Kier molecular flexibility index (Phi) is 4.34. The Bertz CT molecular complexity index is 324. The molecule has 1 aromatic rings. The second-order valence-electron chi connectivity index (χ2n) is 3.21. The second-order valence-corrected chi connectivity index (χ2v) is 3.21. The fourth-order valence-electron chi connectivity index (χ4n) is 1.26. The molecule has 0 aliphatic heterocycles. The number of aliphatic carboxylic acids is 1. The third-order valence-electron chi connectivity index (χ3n) is 2.02. The van der Waals surface area contributed by atoms with Gasteiger partial charge in [-0.1, -0.05) is 30.3 Å². The third kappa shape index (κ3) is 4.26. The quantitative estimate of drug-likeness (QED) is 0.701. The first-order chi connectivity index (χ1) is 7.22. The van der Waals surface area contributed by atoms with E-state index in [-0.39, 0.29) is 6.54 Å². The molecule has 1 aromatic carbocycles. The van der Waals surface area contributed by atoms with Gasteiger partial charge in [0, 0.05) is 6.54 Å². The lowest BCUT2D eigenvalue weighted by Crippen LogP contribution is -2.30. The van der Waals surface area contributed by atoms with E-state index in [1.807, 2.05) is 30.3 Å². The third-order valence-corrected chi connectivity index (χ3v) is 2.02.